The topological polar surface area (TPSA) is 75.8 Å². The van der Waals surface area contributed by atoms with Crippen LogP contribution in [0.5, 0.6) is 0 Å². The molecule has 2 fully saturated rings. The fraction of sp³-hybridized carbons (Fsp3) is 0.556. The monoisotopic (exact) mass is 330 g/mol. The summed E-state index contributed by atoms with van der Waals surface area (Å²) in [6.07, 6.45) is 2.38. The molecule has 0 radical (unpaired) electrons. The maximum absolute atomic E-state index is 13.0. The molecular formula is C18H22N2O4. The van der Waals surface area contributed by atoms with Gasteiger partial charge in [0.25, 0.3) is 5.91 Å². The largest absolute Gasteiger partial charge is 0.449 e. The number of fused-ring (bicyclic) bond motifs is 1. The van der Waals surface area contributed by atoms with Crippen LogP contribution >= 0.6 is 0 Å². The summed E-state index contributed by atoms with van der Waals surface area (Å²) in [5.41, 5.74) is 2.21. The smallest absolute Gasteiger partial charge is 0.290 e. The summed E-state index contributed by atoms with van der Waals surface area (Å²) in [7, 11) is 0. The lowest BCUT2D eigenvalue weighted by Gasteiger charge is -2.39. The first-order valence-corrected chi connectivity index (χ1v) is 8.57. The molecule has 0 aromatic carbocycles. The number of aryl methyl sites for hydroxylation is 1. The van der Waals surface area contributed by atoms with E-state index in [2.05, 4.69) is 4.98 Å². The van der Waals surface area contributed by atoms with Crippen molar-refractivity contribution in [1.29, 1.82) is 0 Å². The quantitative estimate of drug-likeness (QED) is 0.913. The fourth-order valence-corrected chi connectivity index (χ4v) is 3.92. The fourth-order valence-electron chi connectivity index (χ4n) is 3.92. The molecule has 0 bridgehead atoms. The van der Waals surface area contributed by atoms with Crippen molar-refractivity contribution in [3.63, 3.8) is 0 Å². The first-order valence-electron chi connectivity index (χ1n) is 8.57. The normalized spacial score (nSPS) is 27.8. The third-order valence-electron chi connectivity index (χ3n) is 5.18. The molecule has 0 unspecified atom stereocenters. The molecule has 1 N–H and O–H groups in total. The lowest BCUT2D eigenvalue weighted by molar-refractivity contribution is -0.0393. The maximum atomic E-state index is 13.0. The van der Waals surface area contributed by atoms with Crippen LogP contribution in [0.2, 0.25) is 0 Å². The summed E-state index contributed by atoms with van der Waals surface area (Å²) in [4.78, 5) is 19.2. The van der Waals surface area contributed by atoms with Crippen LogP contribution in [0, 0.1) is 12.8 Å². The van der Waals surface area contributed by atoms with Gasteiger partial charge >= 0.3 is 0 Å². The number of aliphatic hydroxyl groups is 1. The number of pyridine rings is 1. The van der Waals surface area contributed by atoms with Crippen LogP contribution < -0.4 is 0 Å². The highest BCUT2D eigenvalue weighted by atomic mass is 16.5. The molecule has 2 aromatic rings. The molecule has 1 saturated carbocycles. The Hall–Kier alpha value is -1.92. The van der Waals surface area contributed by atoms with E-state index >= 15 is 0 Å². The van der Waals surface area contributed by atoms with Crippen molar-refractivity contribution < 1.29 is 19.1 Å². The average molecular weight is 330 g/mol. The number of nitrogens with zero attached hydrogens (tertiary/aromatic N) is 2. The van der Waals surface area contributed by atoms with Crippen molar-refractivity contribution in [1.82, 2.24) is 9.88 Å². The van der Waals surface area contributed by atoms with Gasteiger partial charge in [-0.05, 0) is 31.9 Å². The van der Waals surface area contributed by atoms with Crippen molar-refractivity contribution in [3.8, 4) is 0 Å². The Labute approximate surface area is 140 Å². The molecule has 4 rings (SSSR count). The molecule has 24 heavy (non-hydrogen) atoms. The van der Waals surface area contributed by atoms with Gasteiger partial charge in [0.2, 0.25) is 0 Å². The summed E-state index contributed by atoms with van der Waals surface area (Å²) < 4.78 is 11.3. The summed E-state index contributed by atoms with van der Waals surface area (Å²) in [6.45, 7) is 3.43. The Morgan fingerprint density at radius 3 is 3.04 bits per heavy atom. The molecule has 1 aliphatic heterocycles. The summed E-state index contributed by atoms with van der Waals surface area (Å²) >= 11 is 0. The second-order valence-electron chi connectivity index (χ2n) is 6.75. The van der Waals surface area contributed by atoms with Crippen molar-refractivity contribution in [2.24, 2.45) is 5.92 Å². The number of hydrogen-bond acceptors (Lipinski definition) is 5. The summed E-state index contributed by atoms with van der Waals surface area (Å²) in [5, 5.41) is 10.2. The van der Waals surface area contributed by atoms with Gasteiger partial charge in [-0.3, -0.25) is 4.79 Å². The molecule has 6 heteroatoms. The average Bonchev–Trinajstić information content (AvgIpc) is 3.19. The molecule has 0 spiro atoms. The van der Waals surface area contributed by atoms with Crippen molar-refractivity contribution in [3.05, 3.63) is 29.7 Å². The molecule has 3 heterocycles. The molecule has 1 aliphatic carbocycles. The van der Waals surface area contributed by atoms with E-state index in [1.807, 2.05) is 24.0 Å². The molecule has 128 valence electrons. The first kappa shape index (κ1) is 15.6. The summed E-state index contributed by atoms with van der Waals surface area (Å²) in [6, 6.07) is 5.33. The van der Waals surface area contributed by atoms with Gasteiger partial charge in [-0.1, -0.05) is 6.42 Å². The second kappa shape index (κ2) is 6.18. The van der Waals surface area contributed by atoms with Crippen LogP contribution in [0.3, 0.4) is 0 Å². The van der Waals surface area contributed by atoms with E-state index in [9.17, 15) is 9.90 Å². The van der Waals surface area contributed by atoms with Gasteiger partial charge in [-0.25, -0.2) is 4.98 Å². The van der Waals surface area contributed by atoms with Crippen LogP contribution in [0.15, 0.2) is 22.6 Å². The van der Waals surface area contributed by atoms with Gasteiger partial charge in [-0.15, -0.1) is 0 Å². The number of hydrogen-bond donors (Lipinski definition) is 1. The minimum absolute atomic E-state index is 0.0824. The van der Waals surface area contributed by atoms with Gasteiger partial charge in [0.1, 0.15) is 5.52 Å². The van der Waals surface area contributed by atoms with E-state index in [1.165, 1.54) is 0 Å². The van der Waals surface area contributed by atoms with Crippen molar-refractivity contribution in [2.45, 2.75) is 38.3 Å². The maximum Gasteiger partial charge on any atom is 0.290 e. The van der Waals surface area contributed by atoms with Crippen molar-refractivity contribution >= 4 is 17.0 Å². The number of amides is 1. The number of carbonyl (C=O) groups is 1. The van der Waals surface area contributed by atoms with E-state index in [4.69, 9.17) is 9.15 Å². The van der Waals surface area contributed by atoms with Crippen LogP contribution in [-0.2, 0) is 4.74 Å². The zero-order valence-electron chi connectivity index (χ0n) is 13.8. The van der Waals surface area contributed by atoms with E-state index in [0.717, 1.165) is 25.0 Å². The molecule has 2 aliphatic rings. The molecule has 1 saturated heterocycles. The zero-order valence-corrected chi connectivity index (χ0v) is 13.8. The highest BCUT2D eigenvalue weighted by molar-refractivity contribution is 5.95. The SMILES string of the molecule is Cc1ccc2oc(C(=O)N3CCOC[C@@H]3[C@@H]3CCC[C@H]3O)cc2n1. The minimum Gasteiger partial charge on any atom is -0.449 e. The van der Waals surface area contributed by atoms with Gasteiger partial charge < -0.3 is 19.2 Å². The Morgan fingerprint density at radius 2 is 2.25 bits per heavy atom. The number of furan rings is 1. The predicted molar refractivity (Wildman–Crippen MR) is 87.7 cm³/mol. The van der Waals surface area contributed by atoms with Crippen LogP contribution in [-0.4, -0.2) is 52.8 Å². The van der Waals surface area contributed by atoms with Gasteiger partial charge in [0.05, 0.1) is 25.4 Å². The van der Waals surface area contributed by atoms with Crippen molar-refractivity contribution in [2.75, 3.05) is 19.8 Å². The van der Waals surface area contributed by atoms with Crippen LogP contribution in [0.4, 0.5) is 0 Å². The zero-order chi connectivity index (χ0) is 16.7. The number of aliphatic hydroxyl groups excluding tert-OH is 1. The number of rotatable bonds is 2. The highest BCUT2D eigenvalue weighted by Gasteiger charge is 2.40. The Balaban J connectivity index is 1.62. The molecule has 6 nitrogen and oxygen atoms in total. The number of carbonyl (C=O) groups excluding carboxylic acids is 1. The highest BCUT2D eigenvalue weighted by Crippen LogP contribution is 2.33. The Morgan fingerprint density at radius 1 is 1.38 bits per heavy atom. The van der Waals surface area contributed by atoms with E-state index in [-0.39, 0.29) is 24.0 Å². The number of aromatic nitrogens is 1. The lowest BCUT2D eigenvalue weighted by atomic mass is 9.94. The third kappa shape index (κ3) is 2.70. The van der Waals surface area contributed by atoms with Gasteiger partial charge in [0, 0.05) is 24.2 Å². The third-order valence-corrected chi connectivity index (χ3v) is 5.18. The van der Waals surface area contributed by atoms with E-state index in [1.54, 1.807) is 6.07 Å². The predicted octanol–water partition coefficient (Wildman–Crippen LogP) is 2.14. The van der Waals surface area contributed by atoms with E-state index in [0.29, 0.717) is 36.6 Å². The minimum atomic E-state index is -0.355. The molecule has 2 aromatic heterocycles. The second-order valence-corrected chi connectivity index (χ2v) is 6.75. The van der Waals surface area contributed by atoms with E-state index < -0.39 is 0 Å². The first-order chi connectivity index (χ1) is 11.6. The lowest BCUT2D eigenvalue weighted by Crippen LogP contribution is -2.53. The number of morpholine rings is 1. The van der Waals surface area contributed by atoms with Crippen LogP contribution in [0.1, 0.15) is 35.5 Å². The standard InChI is InChI=1S/C18H22N2O4/c1-11-5-6-16-13(19-11)9-17(24-16)18(22)20-7-8-23-10-14(20)12-3-2-4-15(12)21/h5-6,9,12,14-15,21H,2-4,7-8,10H2,1H3/t12-,14+,15+/m0/s1. The molecule has 1 amide bonds. The number of ether oxygens (including phenoxy) is 1. The van der Waals surface area contributed by atoms with Gasteiger partial charge in [-0.2, -0.15) is 0 Å². The Kier molecular flexibility index (Phi) is 4.02. The van der Waals surface area contributed by atoms with Gasteiger partial charge in [0.15, 0.2) is 11.3 Å². The molecular weight excluding hydrogens is 308 g/mol. The molecule has 3 atom stereocenters. The Bertz CT molecular complexity index is 757. The van der Waals surface area contributed by atoms with Crippen LogP contribution in [0.25, 0.3) is 11.1 Å². The summed E-state index contributed by atoms with van der Waals surface area (Å²) in [5.74, 6) is 0.250.